The molecular weight excluding hydrogens is 404 g/mol. The minimum Gasteiger partial charge on any atom is -0.508 e. The summed E-state index contributed by atoms with van der Waals surface area (Å²) in [5, 5.41) is 27.4. The van der Waals surface area contributed by atoms with Crippen LogP contribution in [0.2, 0.25) is 0 Å². The lowest BCUT2D eigenvalue weighted by molar-refractivity contribution is 0.0577. The van der Waals surface area contributed by atoms with Crippen LogP contribution in [0.5, 0.6) is 5.75 Å². The molecule has 0 aliphatic carbocycles. The summed E-state index contributed by atoms with van der Waals surface area (Å²) in [6.07, 6.45) is 5.87. The maximum atomic E-state index is 10.5. The van der Waals surface area contributed by atoms with Gasteiger partial charge in [-0.3, -0.25) is 0 Å². The van der Waals surface area contributed by atoms with Crippen LogP contribution in [0, 0.1) is 6.92 Å². The van der Waals surface area contributed by atoms with E-state index in [1.165, 1.54) is 0 Å². The summed E-state index contributed by atoms with van der Waals surface area (Å²) in [6.45, 7) is 11.0. The number of hydrogen-bond acceptors (Lipinski definition) is 7. The van der Waals surface area contributed by atoms with E-state index in [1.807, 2.05) is 26.0 Å². The molecule has 1 unspecified atom stereocenters. The van der Waals surface area contributed by atoms with Gasteiger partial charge in [-0.25, -0.2) is 4.98 Å². The molecule has 32 heavy (non-hydrogen) atoms. The van der Waals surface area contributed by atoms with Crippen LogP contribution >= 0.6 is 0 Å². The van der Waals surface area contributed by atoms with Crippen molar-refractivity contribution in [1.29, 1.82) is 0 Å². The monoisotopic (exact) mass is 440 g/mol. The number of nitrogens with zero attached hydrogens (tertiary/aromatic N) is 4. The number of hydrogen-bond donors (Lipinski definition) is 4. The van der Waals surface area contributed by atoms with Crippen molar-refractivity contribution in [3.05, 3.63) is 35.7 Å². The quantitative estimate of drug-likeness (QED) is 0.323. The molecule has 0 bridgehead atoms. The number of phenols is 1. The standard InChI is InChI=1S/C24H36N6O2/c1-6-8-9-12-30-15-26-20-21(25-14-17-13-16(3)10-11-18(17)31)28-23(29-22(20)30)27-19(7-2)24(4,5)32/h10-11,13,15,19,31-32H,6-9,12,14H2,1-5H3,(H2,25,27,28,29). The van der Waals surface area contributed by atoms with Crippen molar-refractivity contribution in [3.63, 3.8) is 0 Å². The number of anilines is 2. The summed E-state index contributed by atoms with van der Waals surface area (Å²) in [7, 11) is 0. The normalized spacial score (nSPS) is 12.8. The molecule has 1 aromatic carbocycles. The van der Waals surface area contributed by atoms with E-state index < -0.39 is 5.60 Å². The Hall–Kier alpha value is -2.87. The van der Waals surface area contributed by atoms with Crippen LogP contribution in [0.4, 0.5) is 11.8 Å². The maximum absolute atomic E-state index is 10.5. The molecule has 0 saturated carbocycles. The van der Waals surface area contributed by atoms with Crippen LogP contribution in [-0.4, -0.2) is 41.4 Å². The van der Waals surface area contributed by atoms with Crippen LogP contribution < -0.4 is 10.6 Å². The molecule has 1 atom stereocenters. The first-order chi connectivity index (χ1) is 15.2. The molecule has 8 nitrogen and oxygen atoms in total. The number of aromatic hydroxyl groups is 1. The highest BCUT2D eigenvalue weighted by Crippen LogP contribution is 2.25. The molecule has 8 heteroatoms. The van der Waals surface area contributed by atoms with Gasteiger partial charge in [0.2, 0.25) is 5.95 Å². The first-order valence-electron chi connectivity index (χ1n) is 11.5. The molecule has 0 aliphatic heterocycles. The van der Waals surface area contributed by atoms with Gasteiger partial charge in [-0.05, 0) is 39.7 Å². The highest BCUT2D eigenvalue weighted by atomic mass is 16.3. The second kappa shape index (κ2) is 10.2. The van der Waals surface area contributed by atoms with Gasteiger partial charge in [0.05, 0.1) is 18.0 Å². The first-order valence-corrected chi connectivity index (χ1v) is 11.5. The molecule has 0 amide bonds. The van der Waals surface area contributed by atoms with Crippen LogP contribution in [0.15, 0.2) is 24.5 Å². The Bertz CT molecular complexity index is 1040. The second-order valence-electron chi connectivity index (χ2n) is 8.96. The van der Waals surface area contributed by atoms with Gasteiger partial charge in [-0.15, -0.1) is 0 Å². The molecule has 2 aromatic heterocycles. The maximum Gasteiger partial charge on any atom is 0.227 e. The van der Waals surface area contributed by atoms with E-state index in [9.17, 15) is 10.2 Å². The minimum absolute atomic E-state index is 0.204. The van der Waals surface area contributed by atoms with Crippen LogP contribution in [0.1, 0.15) is 64.5 Å². The van der Waals surface area contributed by atoms with Gasteiger partial charge >= 0.3 is 0 Å². The summed E-state index contributed by atoms with van der Waals surface area (Å²) >= 11 is 0. The van der Waals surface area contributed by atoms with Crippen LogP contribution in [0.3, 0.4) is 0 Å². The SMILES string of the molecule is CCCCCn1cnc2c(NCc3cc(C)ccc3O)nc(NC(CC)C(C)(C)O)nc21. The van der Waals surface area contributed by atoms with Crippen molar-refractivity contribution < 1.29 is 10.2 Å². The van der Waals surface area contributed by atoms with E-state index in [2.05, 4.69) is 32.1 Å². The number of phenolic OH excluding ortho intramolecular Hbond substituents is 1. The first kappa shape index (κ1) is 23.8. The van der Waals surface area contributed by atoms with E-state index >= 15 is 0 Å². The smallest absolute Gasteiger partial charge is 0.227 e. The third-order valence-electron chi connectivity index (χ3n) is 5.71. The Morgan fingerprint density at radius 2 is 1.94 bits per heavy atom. The van der Waals surface area contributed by atoms with Crippen LogP contribution in [0.25, 0.3) is 11.2 Å². The summed E-state index contributed by atoms with van der Waals surface area (Å²) < 4.78 is 2.05. The number of nitrogens with one attached hydrogen (secondary N) is 2. The van der Waals surface area contributed by atoms with Gasteiger partial charge in [-0.1, -0.05) is 44.4 Å². The average molecular weight is 441 g/mol. The molecular formula is C24H36N6O2. The number of aryl methyl sites for hydroxylation is 2. The van der Waals surface area contributed by atoms with E-state index in [0.29, 0.717) is 23.8 Å². The van der Waals surface area contributed by atoms with E-state index in [4.69, 9.17) is 4.98 Å². The Morgan fingerprint density at radius 3 is 2.62 bits per heavy atom. The van der Waals surface area contributed by atoms with Crippen LogP contribution in [-0.2, 0) is 13.1 Å². The Kier molecular flexibility index (Phi) is 7.56. The van der Waals surface area contributed by atoms with Crippen molar-refractivity contribution in [2.24, 2.45) is 0 Å². The van der Waals surface area contributed by atoms with Crippen molar-refractivity contribution in [1.82, 2.24) is 19.5 Å². The fourth-order valence-corrected chi connectivity index (χ4v) is 3.80. The zero-order chi connectivity index (χ0) is 23.3. The molecule has 4 N–H and O–H groups in total. The van der Waals surface area contributed by atoms with Crippen molar-refractivity contribution in [2.75, 3.05) is 10.6 Å². The Labute approximate surface area is 190 Å². The number of aliphatic hydroxyl groups is 1. The molecule has 3 rings (SSSR count). The van der Waals surface area contributed by atoms with Crippen molar-refractivity contribution >= 4 is 22.9 Å². The predicted molar refractivity (Wildman–Crippen MR) is 129 cm³/mol. The van der Waals surface area contributed by atoms with Gasteiger partial charge < -0.3 is 25.4 Å². The fraction of sp³-hybridized carbons (Fsp3) is 0.542. The number of rotatable bonds is 11. The average Bonchev–Trinajstić information content (AvgIpc) is 3.15. The van der Waals surface area contributed by atoms with Crippen molar-refractivity contribution in [2.45, 2.75) is 85.0 Å². The summed E-state index contributed by atoms with van der Waals surface area (Å²) in [6, 6.07) is 5.32. The third-order valence-corrected chi connectivity index (χ3v) is 5.71. The van der Waals surface area contributed by atoms with Gasteiger partial charge in [-0.2, -0.15) is 9.97 Å². The van der Waals surface area contributed by atoms with Gasteiger partial charge in [0, 0.05) is 18.7 Å². The van der Waals surface area contributed by atoms with Crippen molar-refractivity contribution in [3.8, 4) is 5.75 Å². The van der Waals surface area contributed by atoms with E-state index in [0.717, 1.165) is 49.0 Å². The summed E-state index contributed by atoms with van der Waals surface area (Å²) in [5.41, 5.74) is 2.38. The van der Waals surface area contributed by atoms with Gasteiger partial charge in [0.1, 0.15) is 5.75 Å². The molecule has 0 saturated heterocycles. The topological polar surface area (TPSA) is 108 Å². The number of fused-ring (bicyclic) bond motifs is 1. The fourth-order valence-electron chi connectivity index (χ4n) is 3.80. The lowest BCUT2D eigenvalue weighted by atomic mass is 9.97. The zero-order valence-corrected chi connectivity index (χ0v) is 19.8. The van der Waals surface area contributed by atoms with Gasteiger partial charge in [0.25, 0.3) is 0 Å². The second-order valence-corrected chi connectivity index (χ2v) is 8.96. The third kappa shape index (κ3) is 5.68. The molecule has 0 spiro atoms. The lowest BCUT2D eigenvalue weighted by Crippen LogP contribution is -2.41. The zero-order valence-electron chi connectivity index (χ0n) is 19.8. The largest absolute Gasteiger partial charge is 0.508 e. The number of benzene rings is 1. The highest BCUT2D eigenvalue weighted by molar-refractivity contribution is 5.84. The van der Waals surface area contributed by atoms with E-state index in [-0.39, 0.29) is 11.8 Å². The Morgan fingerprint density at radius 1 is 1.16 bits per heavy atom. The summed E-state index contributed by atoms with van der Waals surface area (Å²) in [4.78, 5) is 14.0. The summed E-state index contributed by atoms with van der Waals surface area (Å²) in [5.74, 6) is 1.28. The van der Waals surface area contributed by atoms with E-state index in [1.54, 1.807) is 26.2 Å². The molecule has 3 aromatic rings. The molecule has 2 heterocycles. The van der Waals surface area contributed by atoms with Gasteiger partial charge in [0.15, 0.2) is 17.0 Å². The highest BCUT2D eigenvalue weighted by Gasteiger charge is 2.26. The molecule has 0 aliphatic rings. The molecule has 0 radical (unpaired) electrons. The lowest BCUT2D eigenvalue weighted by Gasteiger charge is -2.29. The number of aromatic nitrogens is 4. The minimum atomic E-state index is -0.921. The molecule has 0 fully saturated rings. The molecule has 174 valence electrons. The Balaban J connectivity index is 1.96. The number of imidazole rings is 1. The predicted octanol–water partition coefficient (Wildman–Crippen LogP) is 4.60. The number of unbranched alkanes of at least 4 members (excludes halogenated alkanes) is 2.